The Labute approximate surface area is 180 Å². The van der Waals surface area contributed by atoms with E-state index in [1.54, 1.807) is 46.5 Å². The number of para-hydroxylation sites is 1. The molecule has 3 aromatic rings. The Kier molecular flexibility index (Phi) is 7.39. The van der Waals surface area contributed by atoms with Gasteiger partial charge in [0.25, 0.3) is 0 Å². The predicted octanol–water partition coefficient (Wildman–Crippen LogP) is 3.49. The van der Waals surface area contributed by atoms with Gasteiger partial charge in [-0.15, -0.1) is 28.1 Å². The fourth-order valence-electron chi connectivity index (χ4n) is 2.34. The van der Waals surface area contributed by atoms with E-state index in [-0.39, 0.29) is 24.0 Å². The molecule has 0 fully saturated rings. The van der Waals surface area contributed by atoms with Crippen molar-refractivity contribution < 1.29 is 9.59 Å². The first-order valence-corrected chi connectivity index (χ1v) is 10.7. The van der Waals surface area contributed by atoms with E-state index in [0.717, 1.165) is 0 Å². The minimum Gasteiger partial charge on any atom is -0.324 e. The molecule has 2 N–H and O–H groups in total. The van der Waals surface area contributed by atoms with Crippen LogP contribution in [0.4, 0.5) is 10.8 Å². The summed E-state index contributed by atoms with van der Waals surface area (Å²) in [5.41, 5.74) is 0.530. The van der Waals surface area contributed by atoms with Crippen LogP contribution >= 0.6 is 34.7 Å². The number of carbonyl (C=O) groups excluding carboxylic acids is 2. The number of hydrogen-bond donors (Lipinski definition) is 2. The standard InChI is InChI=1S/C18H17ClN6O2S2/c1-2-8-25-14(10-15(26)21-13-6-4-3-5-12(13)19)23-24-18(25)29-11-16(27)22-17-20-7-9-28-17/h2-7,9H,1,8,10-11H2,(H,21,26)(H,20,22,27). The van der Waals surface area contributed by atoms with Crippen molar-refractivity contribution in [2.45, 2.75) is 18.1 Å². The average molecular weight is 449 g/mol. The molecule has 0 aliphatic rings. The lowest BCUT2D eigenvalue weighted by Crippen LogP contribution is -2.18. The Morgan fingerprint density at radius 1 is 1.24 bits per heavy atom. The molecule has 0 saturated heterocycles. The highest BCUT2D eigenvalue weighted by Crippen LogP contribution is 2.22. The Morgan fingerprint density at radius 2 is 2.07 bits per heavy atom. The molecule has 8 nitrogen and oxygen atoms in total. The molecule has 2 amide bonds. The topological polar surface area (TPSA) is 102 Å². The third-order valence-electron chi connectivity index (χ3n) is 3.58. The Bertz CT molecular complexity index is 1010. The first-order chi connectivity index (χ1) is 14.1. The summed E-state index contributed by atoms with van der Waals surface area (Å²) in [6, 6.07) is 6.99. The van der Waals surface area contributed by atoms with Gasteiger partial charge in [0.2, 0.25) is 11.8 Å². The zero-order valence-electron chi connectivity index (χ0n) is 15.2. The molecule has 0 spiro atoms. The van der Waals surface area contributed by atoms with E-state index in [1.165, 1.54) is 23.1 Å². The second kappa shape index (κ2) is 10.2. The summed E-state index contributed by atoms with van der Waals surface area (Å²) in [5.74, 6) is 0.142. The van der Waals surface area contributed by atoms with Crippen LogP contribution in [0, 0.1) is 0 Å². The number of hydrogen-bond acceptors (Lipinski definition) is 7. The van der Waals surface area contributed by atoms with E-state index >= 15 is 0 Å². The molecule has 0 radical (unpaired) electrons. The molecular weight excluding hydrogens is 432 g/mol. The molecule has 0 unspecified atom stereocenters. The fraction of sp³-hybridized carbons (Fsp3) is 0.167. The highest BCUT2D eigenvalue weighted by molar-refractivity contribution is 7.99. The van der Waals surface area contributed by atoms with Crippen LogP contribution in [0.25, 0.3) is 0 Å². The number of thiazole rings is 1. The van der Waals surface area contributed by atoms with Gasteiger partial charge in [0, 0.05) is 18.1 Å². The zero-order valence-corrected chi connectivity index (χ0v) is 17.6. The molecule has 2 heterocycles. The zero-order chi connectivity index (χ0) is 20.6. The molecule has 0 bridgehead atoms. The van der Waals surface area contributed by atoms with Gasteiger partial charge < -0.3 is 15.2 Å². The van der Waals surface area contributed by atoms with Crippen molar-refractivity contribution in [1.82, 2.24) is 19.7 Å². The maximum Gasteiger partial charge on any atom is 0.236 e. The first-order valence-electron chi connectivity index (χ1n) is 8.46. The molecule has 29 heavy (non-hydrogen) atoms. The normalized spacial score (nSPS) is 10.5. The van der Waals surface area contributed by atoms with E-state index in [0.29, 0.717) is 33.4 Å². The number of rotatable bonds is 9. The quantitative estimate of drug-likeness (QED) is 0.384. The van der Waals surface area contributed by atoms with Crippen molar-refractivity contribution in [3.63, 3.8) is 0 Å². The molecular formula is C18H17ClN6O2S2. The van der Waals surface area contributed by atoms with E-state index in [4.69, 9.17) is 11.6 Å². The van der Waals surface area contributed by atoms with Crippen LogP contribution in [0.15, 0.2) is 53.7 Å². The summed E-state index contributed by atoms with van der Waals surface area (Å²) in [6.45, 7) is 4.15. The summed E-state index contributed by atoms with van der Waals surface area (Å²) in [5, 5.41) is 17.0. The SMILES string of the molecule is C=CCn1c(CC(=O)Nc2ccccc2Cl)nnc1SCC(=O)Nc1nccs1. The summed E-state index contributed by atoms with van der Waals surface area (Å²) in [4.78, 5) is 28.5. The third kappa shape index (κ3) is 5.89. The number of halogens is 1. The molecule has 0 atom stereocenters. The summed E-state index contributed by atoms with van der Waals surface area (Å²) < 4.78 is 1.75. The van der Waals surface area contributed by atoms with Gasteiger partial charge in [-0.2, -0.15) is 0 Å². The van der Waals surface area contributed by atoms with Crippen molar-refractivity contribution in [2.75, 3.05) is 16.4 Å². The van der Waals surface area contributed by atoms with Crippen LogP contribution in [0.2, 0.25) is 5.02 Å². The average Bonchev–Trinajstić information content (AvgIpc) is 3.33. The molecule has 2 aromatic heterocycles. The van der Waals surface area contributed by atoms with Gasteiger partial charge in [-0.25, -0.2) is 4.98 Å². The molecule has 3 rings (SSSR count). The van der Waals surface area contributed by atoms with Gasteiger partial charge in [-0.1, -0.05) is 41.6 Å². The minimum absolute atomic E-state index is 0.0118. The summed E-state index contributed by atoms with van der Waals surface area (Å²) >= 11 is 8.64. The molecule has 0 aliphatic heterocycles. The van der Waals surface area contributed by atoms with E-state index in [9.17, 15) is 9.59 Å². The highest BCUT2D eigenvalue weighted by atomic mass is 35.5. The van der Waals surface area contributed by atoms with Gasteiger partial charge in [0.05, 0.1) is 22.9 Å². The largest absolute Gasteiger partial charge is 0.324 e. The lowest BCUT2D eigenvalue weighted by molar-refractivity contribution is -0.116. The third-order valence-corrected chi connectivity index (χ3v) is 5.57. The lowest BCUT2D eigenvalue weighted by Gasteiger charge is -2.09. The second-order valence-electron chi connectivity index (χ2n) is 5.68. The van der Waals surface area contributed by atoms with Gasteiger partial charge in [-0.3, -0.25) is 9.59 Å². The molecule has 1 aromatic carbocycles. The Hall–Kier alpha value is -2.69. The van der Waals surface area contributed by atoms with Crippen LogP contribution < -0.4 is 10.6 Å². The molecule has 11 heteroatoms. The number of carbonyl (C=O) groups is 2. The number of anilines is 2. The number of nitrogens with one attached hydrogen (secondary N) is 2. The van der Waals surface area contributed by atoms with Crippen molar-refractivity contribution in [3.8, 4) is 0 Å². The number of thioether (sulfide) groups is 1. The van der Waals surface area contributed by atoms with E-state index < -0.39 is 0 Å². The highest BCUT2D eigenvalue weighted by Gasteiger charge is 2.17. The monoisotopic (exact) mass is 448 g/mol. The van der Waals surface area contributed by atoms with Crippen molar-refractivity contribution in [2.24, 2.45) is 0 Å². The first kappa shape index (κ1) is 21.0. The van der Waals surface area contributed by atoms with Crippen LogP contribution in [0.5, 0.6) is 0 Å². The number of amides is 2. The predicted molar refractivity (Wildman–Crippen MR) is 115 cm³/mol. The minimum atomic E-state index is -0.270. The molecule has 0 saturated carbocycles. The number of aromatic nitrogens is 4. The lowest BCUT2D eigenvalue weighted by atomic mass is 10.3. The number of nitrogens with zero attached hydrogens (tertiary/aromatic N) is 4. The van der Waals surface area contributed by atoms with Gasteiger partial charge in [0.1, 0.15) is 5.82 Å². The van der Waals surface area contributed by atoms with Crippen molar-refractivity contribution in [1.29, 1.82) is 0 Å². The van der Waals surface area contributed by atoms with Crippen LogP contribution in [0.3, 0.4) is 0 Å². The Morgan fingerprint density at radius 3 is 2.79 bits per heavy atom. The summed E-state index contributed by atoms with van der Waals surface area (Å²) in [6.07, 6.45) is 3.31. The maximum absolute atomic E-state index is 12.4. The van der Waals surface area contributed by atoms with E-state index in [1.807, 2.05) is 0 Å². The van der Waals surface area contributed by atoms with Gasteiger partial charge in [0.15, 0.2) is 10.3 Å². The second-order valence-corrected chi connectivity index (χ2v) is 7.92. The maximum atomic E-state index is 12.4. The molecule has 150 valence electrons. The fourth-order valence-corrected chi connectivity index (χ4v) is 3.83. The van der Waals surface area contributed by atoms with Gasteiger partial charge >= 0.3 is 0 Å². The van der Waals surface area contributed by atoms with Crippen LogP contribution in [-0.2, 0) is 22.6 Å². The smallest absolute Gasteiger partial charge is 0.236 e. The van der Waals surface area contributed by atoms with Crippen molar-refractivity contribution >= 4 is 57.3 Å². The molecule has 0 aliphatic carbocycles. The number of benzene rings is 1. The summed E-state index contributed by atoms with van der Waals surface area (Å²) in [7, 11) is 0. The van der Waals surface area contributed by atoms with Crippen molar-refractivity contribution in [3.05, 3.63) is 59.3 Å². The van der Waals surface area contributed by atoms with Crippen LogP contribution in [0.1, 0.15) is 5.82 Å². The number of allylic oxidation sites excluding steroid dienone is 1. The Balaban J connectivity index is 1.63. The van der Waals surface area contributed by atoms with Crippen LogP contribution in [-0.4, -0.2) is 37.3 Å². The van der Waals surface area contributed by atoms with Gasteiger partial charge in [-0.05, 0) is 12.1 Å². The van der Waals surface area contributed by atoms with E-state index in [2.05, 4.69) is 32.4 Å².